The van der Waals surface area contributed by atoms with Crippen LogP contribution in [0.3, 0.4) is 0 Å². The third kappa shape index (κ3) is 3.50. The van der Waals surface area contributed by atoms with Gasteiger partial charge in [0, 0.05) is 25.2 Å². The molecule has 2 rings (SSSR count). The van der Waals surface area contributed by atoms with E-state index >= 15 is 0 Å². The van der Waals surface area contributed by atoms with Gasteiger partial charge in [0.1, 0.15) is 5.75 Å². The lowest BCUT2D eigenvalue weighted by Crippen LogP contribution is -2.46. The van der Waals surface area contributed by atoms with E-state index < -0.39 is 6.10 Å². The Labute approximate surface area is 127 Å². The normalized spacial score (nSPS) is 16.9. The summed E-state index contributed by atoms with van der Waals surface area (Å²) in [5.41, 5.74) is 6.58. The van der Waals surface area contributed by atoms with Crippen LogP contribution in [-0.2, 0) is 16.1 Å². The molecule has 6 heteroatoms. The highest BCUT2D eigenvalue weighted by molar-refractivity contribution is 9.10. The standard InChI is InChI=1S/C14H19BrN2O3/c1-10(14(18)17-5-7-19-8-6-17)20-13-11(9-16)3-2-4-12(13)15/h2-4,10H,5-9,16H2,1H3. The van der Waals surface area contributed by atoms with Crippen molar-refractivity contribution in [3.8, 4) is 5.75 Å². The van der Waals surface area contributed by atoms with Crippen molar-refractivity contribution >= 4 is 21.8 Å². The minimum atomic E-state index is -0.544. The molecule has 1 fully saturated rings. The quantitative estimate of drug-likeness (QED) is 0.901. The fraction of sp³-hybridized carbons (Fsp3) is 0.500. The number of carbonyl (C=O) groups excluding carboxylic acids is 1. The van der Waals surface area contributed by atoms with Gasteiger partial charge in [-0.05, 0) is 28.9 Å². The summed E-state index contributed by atoms with van der Waals surface area (Å²) >= 11 is 3.44. The van der Waals surface area contributed by atoms with Gasteiger partial charge in [-0.3, -0.25) is 4.79 Å². The van der Waals surface area contributed by atoms with Crippen molar-refractivity contribution in [1.82, 2.24) is 4.90 Å². The highest BCUT2D eigenvalue weighted by Gasteiger charge is 2.24. The number of benzene rings is 1. The Morgan fingerprint density at radius 2 is 2.20 bits per heavy atom. The molecular formula is C14H19BrN2O3. The van der Waals surface area contributed by atoms with Crippen LogP contribution in [-0.4, -0.2) is 43.2 Å². The van der Waals surface area contributed by atoms with E-state index in [1.165, 1.54) is 0 Å². The Balaban J connectivity index is 2.07. The highest BCUT2D eigenvalue weighted by Crippen LogP contribution is 2.30. The summed E-state index contributed by atoms with van der Waals surface area (Å²) in [7, 11) is 0. The minimum Gasteiger partial charge on any atom is -0.479 e. The van der Waals surface area contributed by atoms with E-state index in [1.54, 1.807) is 11.8 Å². The smallest absolute Gasteiger partial charge is 0.263 e. The predicted octanol–water partition coefficient (Wildman–Crippen LogP) is 1.53. The molecule has 1 aromatic rings. The first-order valence-electron chi connectivity index (χ1n) is 6.64. The topological polar surface area (TPSA) is 64.8 Å². The van der Waals surface area contributed by atoms with E-state index in [0.717, 1.165) is 10.0 Å². The third-order valence-electron chi connectivity index (χ3n) is 3.23. The molecule has 1 aliphatic rings. The minimum absolute atomic E-state index is 0.0213. The van der Waals surface area contributed by atoms with E-state index in [0.29, 0.717) is 38.6 Å². The number of hydrogen-bond donors (Lipinski definition) is 1. The van der Waals surface area contributed by atoms with Gasteiger partial charge in [-0.15, -0.1) is 0 Å². The molecule has 0 saturated carbocycles. The largest absolute Gasteiger partial charge is 0.479 e. The first kappa shape index (κ1) is 15.3. The number of amides is 1. The average Bonchev–Trinajstić information content (AvgIpc) is 2.49. The Hall–Kier alpha value is -1.11. The molecule has 1 unspecified atom stereocenters. The Kier molecular flexibility index (Phi) is 5.39. The van der Waals surface area contributed by atoms with Crippen molar-refractivity contribution in [2.45, 2.75) is 19.6 Å². The summed E-state index contributed by atoms with van der Waals surface area (Å²) in [6.07, 6.45) is -0.544. The van der Waals surface area contributed by atoms with E-state index in [4.69, 9.17) is 15.2 Å². The van der Waals surface area contributed by atoms with Crippen LogP contribution in [0.5, 0.6) is 5.75 Å². The van der Waals surface area contributed by atoms with Gasteiger partial charge in [0.15, 0.2) is 6.10 Å². The van der Waals surface area contributed by atoms with Crippen molar-refractivity contribution < 1.29 is 14.3 Å². The van der Waals surface area contributed by atoms with Gasteiger partial charge in [0.2, 0.25) is 0 Å². The Bertz CT molecular complexity index is 475. The molecule has 1 aromatic carbocycles. The lowest BCUT2D eigenvalue weighted by molar-refractivity contribution is -0.142. The monoisotopic (exact) mass is 342 g/mol. The molecule has 1 saturated heterocycles. The number of ether oxygens (including phenoxy) is 2. The molecular weight excluding hydrogens is 324 g/mol. The zero-order valence-corrected chi connectivity index (χ0v) is 13.1. The summed E-state index contributed by atoms with van der Waals surface area (Å²) in [5.74, 6) is 0.621. The van der Waals surface area contributed by atoms with Gasteiger partial charge < -0.3 is 20.1 Å². The molecule has 1 amide bonds. The molecule has 0 spiro atoms. The summed E-state index contributed by atoms with van der Waals surface area (Å²) in [4.78, 5) is 14.1. The Morgan fingerprint density at radius 3 is 2.85 bits per heavy atom. The lowest BCUT2D eigenvalue weighted by atomic mass is 10.2. The number of rotatable bonds is 4. The van der Waals surface area contributed by atoms with E-state index in [9.17, 15) is 4.79 Å². The number of hydrogen-bond acceptors (Lipinski definition) is 4. The molecule has 2 N–H and O–H groups in total. The van der Waals surface area contributed by atoms with Crippen LogP contribution in [0.1, 0.15) is 12.5 Å². The summed E-state index contributed by atoms with van der Waals surface area (Å²) < 4.78 is 11.9. The Morgan fingerprint density at radius 1 is 1.50 bits per heavy atom. The predicted molar refractivity (Wildman–Crippen MR) is 79.5 cm³/mol. The van der Waals surface area contributed by atoms with E-state index in [2.05, 4.69) is 15.9 Å². The molecule has 0 aromatic heterocycles. The van der Waals surface area contributed by atoms with Gasteiger partial charge in [0.25, 0.3) is 5.91 Å². The molecule has 20 heavy (non-hydrogen) atoms. The van der Waals surface area contributed by atoms with Gasteiger partial charge >= 0.3 is 0 Å². The number of para-hydroxylation sites is 1. The lowest BCUT2D eigenvalue weighted by Gasteiger charge is -2.29. The first-order chi connectivity index (χ1) is 9.63. The van der Waals surface area contributed by atoms with Crippen LogP contribution in [0.4, 0.5) is 0 Å². The maximum atomic E-state index is 12.3. The maximum Gasteiger partial charge on any atom is 0.263 e. The molecule has 1 heterocycles. The fourth-order valence-corrected chi connectivity index (χ4v) is 2.61. The second kappa shape index (κ2) is 7.06. The molecule has 1 aliphatic heterocycles. The van der Waals surface area contributed by atoms with Crippen molar-refractivity contribution in [2.24, 2.45) is 5.73 Å². The molecule has 0 bridgehead atoms. The molecule has 0 radical (unpaired) electrons. The molecule has 1 atom stereocenters. The summed E-state index contributed by atoms with van der Waals surface area (Å²) in [6.45, 7) is 4.53. The van der Waals surface area contributed by atoms with Gasteiger partial charge in [0.05, 0.1) is 17.7 Å². The number of halogens is 1. The molecule has 0 aliphatic carbocycles. The molecule has 5 nitrogen and oxygen atoms in total. The average molecular weight is 343 g/mol. The zero-order valence-electron chi connectivity index (χ0n) is 11.5. The van der Waals surface area contributed by atoms with E-state index in [1.807, 2.05) is 18.2 Å². The van der Waals surface area contributed by atoms with Crippen molar-refractivity contribution in [3.05, 3.63) is 28.2 Å². The second-order valence-corrected chi connectivity index (χ2v) is 5.48. The number of carbonyl (C=O) groups is 1. The van der Waals surface area contributed by atoms with Crippen molar-refractivity contribution in [2.75, 3.05) is 26.3 Å². The maximum absolute atomic E-state index is 12.3. The number of nitrogens with two attached hydrogens (primary N) is 1. The van der Waals surface area contributed by atoms with Gasteiger partial charge in [-0.1, -0.05) is 12.1 Å². The summed E-state index contributed by atoms with van der Waals surface area (Å²) in [6, 6.07) is 5.67. The van der Waals surface area contributed by atoms with E-state index in [-0.39, 0.29) is 5.91 Å². The van der Waals surface area contributed by atoms with Gasteiger partial charge in [-0.25, -0.2) is 0 Å². The first-order valence-corrected chi connectivity index (χ1v) is 7.43. The van der Waals surface area contributed by atoms with Crippen molar-refractivity contribution in [3.63, 3.8) is 0 Å². The van der Waals surface area contributed by atoms with Crippen LogP contribution in [0.15, 0.2) is 22.7 Å². The van der Waals surface area contributed by atoms with Crippen LogP contribution in [0, 0.1) is 0 Å². The summed E-state index contributed by atoms with van der Waals surface area (Å²) in [5, 5.41) is 0. The van der Waals surface area contributed by atoms with Crippen LogP contribution < -0.4 is 10.5 Å². The number of morpholine rings is 1. The van der Waals surface area contributed by atoms with Gasteiger partial charge in [-0.2, -0.15) is 0 Å². The second-order valence-electron chi connectivity index (χ2n) is 4.63. The third-order valence-corrected chi connectivity index (χ3v) is 3.86. The van der Waals surface area contributed by atoms with Crippen molar-refractivity contribution in [1.29, 1.82) is 0 Å². The zero-order chi connectivity index (χ0) is 14.5. The fourth-order valence-electron chi connectivity index (χ4n) is 2.11. The highest BCUT2D eigenvalue weighted by atomic mass is 79.9. The van der Waals surface area contributed by atoms with Crippen LogP contribution in [0.2, 0.25) is 0 Å². The number of nitrogens with zero attached hydrogens (tertiary/aromatic N) is 1. The molecule has 110 valence electrons. The van der Waals surface area contributed by atoms with Crippen LogP contribution in [0.25, 0.3) is 0 Å². The SMILES string of the molecule is CC(Oc1c(Br)cccc1CN)C(=O)N1CCOCC1. The van der Waals surface area contributed by atoms with Crippen LogP contribution >= 0.6 is 15.9 Å².